The molecule has 1 N–H and O–H groups in total. The zero-order valence-electron chi connectivity index (χ0n) is 14.1. The Morgan fingerprint density at radius 3 is 2.92 bits per heavy atom. The van der Waals surface area contributed by atoms with E-state index in [2.05, 4.69) is 10.4 Å². The number of aryl methyl sites for hydroxylation is 1. The Morgan fingerprint density at radius 2 is 2.23 bits per heavy atom. The zero-order valence-corrected chi connectivity index (χ0v) is 14.1. The number of carbonyl (C=O) groups is 1. The zero-order chi connectivity index (χ0) is 18.4. The second kappa shape index (κ2) is 6.09. The van der Waals surface area contributed by atoms with Crippen LogP contribution >= 0.6 is 0 Å². The topological polar surface area (TPSA) is 79.9 Å². The highest BCUT2D eigenvalue weighted by Gasteiger charge is 2.33. The van der Waals surface area contributed by atoms with E-state index in [4.69, 9.17) is 10.00 Å². The molecule has 2 aromatic rings. The van der Waals surface area contributed by atoms with E-state index >= 15 is 0 Å². The van der Waals surface area contributed by atoms with Crippen LogP contribution in [0.5, 0.6) is 5.88 Å². The molecular formula is C18H16F2N4O2. The van der Waals surface area contributed by atoms with Gasteiger partial charge in [-0.1, -0.05) is 0 Å². The summed E-state index contributed by atoms with van der Waals surface area (Å²) in [6, 6.07) is 4.52. The van der Waals surface area contributed by atoms with Gasteiger partial charge in [0.25, 0.3) is 5.91 Å². The van der Waals surface area contributed by atoms with E-state index in [1.807, 2.05) is 0 Å². The lowest BCUT2D eigenvalue weighted by Crippen LogP contribution is -2.27. The summed E-state index contributed by atoms with van der Waals surface area (Å²) in [4.78, 5) is 12.6. The number of rotatable bonds is 3. The van der Waals surface area contributed by atoms with Crippen molar-refractivity contribution >= 4 is 5.91 Å². The van der Waals surface area contributed by atoms with Crippen LogP contribution < -0.4 is 10.1 Å². The lowest BCUT2D eigenvalue weighted by atomic mass is 9.97. The van der Waals surface area contributed by atoms with E-state index in [1.54, 1.807) is 13.0 Å². The van der Waals surface area contributed by atoms with Gasteiger partial charge in [0.2, 0.25) is 5.88 Å². The summed E-state index contributed by atoms with van der Waals surface area (Å²) in [7, 11) is 0. The Kier molecular flexibility index (Phi) is 3.87. The molecule has 1 atom stereocenters. The van der Waals surface area contributed by atoms with E-state index in [0.29, 0.717) is 16.7 Å². The van der Waals surface area contributed by atoms with Gasteiger partial charge >= 0.3 is 0 Å². The van der Waals surface area contributed by atoms with E-state index in [1.165, 1.54) is 16.8 Å². The molecule has 1 fully saturated rings. The van der Waals surface area contributed by atoms with Crippen LogP contribution in [-0.2, 0) is 6.54 Å². The highest BCUT2D eigenvalue weighted by Crippen LogP contribution is 2.38. The number of amides is 1. The van der Waals surface area contributed by atoms with Gasteiger partial charge in [-0.2, -0.15) is 10.4 Å². The number of hydrogen-bond acceptors (Lipinski definition) is 4. The predicted octanol–water partition coefficient (Wildman–Crippen LogP) is 2.49. The number of fused-ring (bicyclic) bond motifs is 1. The average molecular weight is 358 g/mol. The van der Waals surface area contributed by atoms with Crippen molar-refractivity contribution in [3.05, 3.63) is 34.8 Å². The molecule has 26 heavy (non-hydrogen) atoms. The minimum Gasteiger partial charge on any atom is -0.474 e. The summed E-state index contributed by atoms with van der Waals surface area (Å²) in [5.74, 6) is -0.847. The first-order valence-corrected chi connectivity index (χ1v) is 8.37. The lowest BCUT2D eigenvalue weighted by Gasteiger charge is -2.19. The van der Waals surface area contributed by atoms with Gasteiger partial charge in [-0.25, -0.2) is 13.5 Å². The van der Waals surface area contributed by atoms with E-state index in [0.717, 1.165) is 12.8 Å². The third-order valence-corrected chi connectivity index (χ3v) is 4.51. The van der Waals surface area contributed by atoms with Gasteiger partial charge < -0.3 is 10.1 Å². The van der Waals surface area contributed by atoms with Crippen molar-refractivity contribution in [3.8, 4) is 23.1 Å². The minimum atomic E-state index is -1.23. The van der Waals surface area contributed by atoms with Crippen molar-refractivity contribution in [2.75, 3.05) is 6.61 Å². The molecule has 4 rings (SSSR count). The second-order valence-corrected chi connectivity index (χ2v) is 6.63. The van der Waals surface area contributed by atoms with Crippen LogP contribution in [0.15, 0.2) is 12.1 Å². The molecule has 1 amide bonds. The van der Waals surface area contributed by atoms with Crippen LogP contribution in [0, 0.1) is 24.1 Å². The van der Waals surface area contributed by atoms with Crippen LogP contribution in [0.25, 0.3) is 11.1 Å². The third kappa shape index (κ3) is 2.79. The highest BCUT2D eigenvalue weighted by molar-refractivity contribution is 6.01. The second-order valence-electron chi connectivity index (χ2n) is 6.63. The number of alkyl halides is 1. The molecule has 0 bridgehead atoms. The van der Waals surface area contributed by atoms with Gasteiger partial charge in [0.15, 0.2) is 11.9 Å². The quantitative estimate of drug-likeness (QED) is 0.914. The molecule has 134 valence electrons. The third-order valence-electron chi connectivity index (χ3n) is 4.51. The number of benzene rings is 1. The molecule has 0 radical (unpaired) electrons. The Balaban J connectivity index is 1.87. The van der Waals surface area contributed by atoms with Crippen molar-refractivity contribution in [1.29, 1.82) is 5.26 Å². The molecule has 1 aliphatic carbocycles. The summed E-state index contributed by atoms with van der Waals surface area (Å²) in [5, 5.41) is 16.1. The first-order valence-electron chi connectivity index (χ1n) is 8.37. The molecule has 1 aromatic carbocycles. The molecule has 2 aliphatic rings. The maximum atomic E-state index is 14.2. The fraction of sp³-hybridized carbons (Fsp3) is 0.389. The standard InChI is InChI=1S/C18H16F2N4O2/c1-9-4-10(6-21)14(20)5-13(9)15-16(17(25)22-12-2-3-12)23-24-7-11(19)8-26-18(15)24/h4-5,11-12H,2-3,7-8H2,1H3,(H,22,25). The van der Waals surface area contributed by atoms with E-state index < -0.39 is 17.9 Å². The monoisotopic (exact) mass is 358 g/mol. The first kappa shape index (κ1) is 16.5. The minimum absolute atomic E-state index is 0.0309. The number of carbonyl (C=O) groups excluding carboxylic acids is 1. The largest absolute Gasteiger partial charge is 0.474 e. The molecule has 6 nitrogen and oxygen atoms in total. The van der Waals surface area contributed by atoms with Crippen LogP contribution in [-0.4, -0.2) is 34.5 Å². The molecule has 8 heteroatoms. The number of nitriles is 1. The molecule has 1 aliphatic heterocycles. The van der Waals surface area contributed by atoms with Crippen molar-refractivity contribution < 1.29 is 18.3 Å². The normalized spacial score (nSPS) is 18.6. The Morgan fingerprint density at radius 1 is 1.46 bits per heavy atom. The first-order chi connectivity index (χ1) is 12.5. The number of nitrogens with zero attached hydrogens (tertiary/aromatic N) is 3. The fourth-order valence-corrected chi connectivity index (χ4v) is 3.05. The molecular weight excluding hydrogens is 342 g/mol. The molecule has 1 saturated carbocycles. The van der Waals surface area contributed by atoms with Gasteiger partial charge in [-0.3, -0.25) is 4.79 Å². The lowest BCUT2D eigenvalue weighted by molar-refractivity contribution is 0.0944. The number of aromatic nitrogens is 2. The maximum absolute atomic E-state index is 14.2. The summed E-state index contributed by atoms with van der Waals surface area (Å²) in [5.41, 5.74) is 1.33. The summed E-state index contributed by atoms with van der Waals surface area (Å²) in [6.45, 7) is 1.53. The van der Waals surface area contributed by atoms with Crippen molar-refractivity contribution in [2.24, 2.45) is 0 Å². The van der Waals surface area contributed by atoms with Gasteiger partial charge in [0.05, 0.1) is 17.7 Å². The Hall–Kier alpha value is -2.95. The summed E-state index contributed by atoms with van der Waals surface area (Å²) in [6.07, 6.45) is 0.582. The van der Waals surface area contributed by atoms with Crippen LogP contribution in [0.2, 0.25) is 0 Å². The van der Waals surface area contributed by atoms with Crippen LogP contribution in [0.4, 0.5) is 8.78 Å². The smallest absolute Gasteiger partial charge is 0.272 e. The van der Waals surface area contributed by atoms with Gasteiger partial charge in [0, 0.05) is 6.04 Å². The van der Waals surface area contributed by atoms with E-state index in [9.17, 15) is 13.6 Å². The van der Waals surface area contributed by atoms with Crippen LogP contribution in [0.3, 0.4) is 0 Å². The van der Waals surface area contributed by atoms with Crippen molar-refractivity contribution in [1.82, 2.24) is 15.1 Å². The van der Waals surface area contributed by atoms with Gasteiger partial charge in [-0.05, 0) is 43.0 Å². The van der Waals surface area contributed by atoms with Gasteiger partial charge in [0.1, 0.15) is 18.5 Å². The average Bonchev–Trinajstić information content (AvgIpc) is 3.34. The summed E-state index contributed by atoms with van der Waals surface area (Å²) < 4.78 is 34.7. The van der Waals surface area contributed by atoms with Crippen molar-refractivity contribution in [3.63, 3.8) is 0 Å². The van der Waals surface area contributed by atoms with Gasteiger partial charge in [-0.15, -0.1) is 0 Å². The van der Waals surface area contributed by atoms with Crippen molar-refractivity contribution in [2.45, 2.75) is 38.5 Å². The molecule has 1 unspecified atom stereocenters. The molecule has 0 saturated heterocycles. The Labute approximate surface area is 148 Å². The highest BCUT2D eigenvalue weighted by atomic mass is 19.1. The predicted molar refractivity (Wildman–Crippen MR) is 88.0 cm³/mol. The summed E-state index contributed by atoms with van der Waals surface area (Å²) >= 11 is 0. The number of hydrogen-bond donors (Lipinski definition) is 1. The number of nitrogens with one attached hydrogen (secondary N) is 1. The molecule has 1 aromatic heterocycles. The molecule has 2 heterocycles. The molecule has 0 spiro atoms. The Bertz CT molecular complexity index is 944. The number of halogens is 2. The SMILES string of the molecule is Cc1cc(C#N)c(F)cc1-c1c(C(=O)NC2CC2)nn2c1OCC(F)C2. The maximum Gasteiger partial charge on any atom is 0.272 e. The fourth-order valence-electron chi connectivity index (χ4n) is 3.05. The number of ether oxygens (including phenoxy) is 1. The van der Waals surface area contributed by atoms with Crippen LogP contribution in [0.1, 0.15) is 34.5 Å². The van der Waals surface area contributed by atoms with E-state index in [-0.39, 0.29) is 36.3 Å².